The van der Waals surface area contributed by atoms with E-state index in [1.165, 1.54) is 16.8 Å². The van der Waals surface area contributed by atoms with Crippen LogP contribution < -0.4 is 11.1 Å². The summed E-state index contributed by atoms with van der Waals surface area (Å²) < 4.78 is 1.37. The number of carboxylic acids is 1. The van der Waals surface area contributed by atoms with Gasteiger partial charge in [-0.3, -0.25) is 9.48 Å². The molecule has 0 spiro atoms. The van der Waals surface area contributed by atoms with Crippen molar-refractivity contribution in [2.24, 2.45) is 12.8 Å². The molecule has 0 aliphatic heterocycles. The number of aromatic carboxylic acids is 1. The SMILES string of the molecule is Cn1nc(NCc2ccccc2C(=O)O)cc1C(N)=O. The van der Waals surface area contributed by atoms with Gasteiger partial charge in [-0.15, -0.1) is 0 Å². The summed E-state index contributed by atoms with van der Waals surface area (Å²) in [5.41, 5.74) is 6.33. The summed E-state index contributed by atoms with van der Waals surface area (Å²) in [4.78, 5) is 22.2. The highest BCUT2D eigenvalue weighted by atomic mass is 16.4. The number of primary amides is 1. The van der Waals surface area contributed by atoms with Crippen LogP contribution in [0.3, 0.4) is 0 Å². The molecule has 20 heavy (non-hydrogen) atoms. The number of amides is 1. The van der Waals surface area contributed by atoms with Gasteiger partial charge in [0.05, 0.1) is 5.56 Å². The average molecular weight is 274 g/mol. The second-order valence-corrected chi connectivity index (χ2v) is 4.22. The number of rotatable bonds is 5. The monoisotopic (exact) mass is 274 g/mol. The van der Waals surface area contributed by atoms with E-state index in [0.717, 1.165) is 0 Å². The summed E-state index contributed by atoms with van der Waals surface area (Å²) >= 11 is 0. The largest absolute Gasteiger partial charge is 0.478 e. The lowest BCUT2D eigenvalue weighted by molar-refractivity contribution is 0.0695. The van der Waals surface area contributed by atoms with Crippen molar-refractivity contribution in [3.05, 3.63) is 47.2 Å². The van der Waals surface area contributed by atoms with Crippen molar-refractivity contribution in [3.63, 3.8) is 0 Å². The number of carbonyl (C=O) groups excluding carboxylic acids is 1. The number of hydrogen-bond acceptors (Lipinski definition) is 4. The van der Waals surface area contributed by atoms with Gasteiger partial charge in [-0.1, -0.05) is 18.2 Å². The van der Waals surface area contributed by atoms with Crippen LogP contribution in [0.25, 0.3) is 0 Å². The summed E-state index contributed by atoms with van der Waals surface area (Å²) in [5.74, 6) is -1.10. The van der Waals surface area contributed by atoms with Crippen molar-refractivity contribution in [1.82, 2.24) is 9.78 Å². The van der Waals surface area contributed by atoms with Crippen molar-refractivity contribution in [2.75, 3.05) is 5.32 Å². The van der Waals surface area contributed by atoms with Crippen LogP contribution in [-0.2, 0) is 13.6 Å². The van der Waals surface area contributed by atoms with E-state index in [9.17, 15) is 9.59 Å². The summed E-state index contributed by atoms with van der Waals surface area (Å²) in [7, 11) is 1.61. The van der Waals surface area contributed by atoms with Crippen LogP contribution in [0.2, 0.25) is 0 Å². The summed E-state index contributed by atoms with van der Waals surface area (Å²) in [5, 5.41) is 16.1. The molecule has 1 aromatic heterocycles. The fraction of sp³-hybridized carbons (Fsp3) is 0.154. The average Bonchev–Trinajstić information content (AvgIpc) is 2.78. The lowest BCUT2D eigenvalue weighted by Crippen LogP contribution is -2.15. The molecule has 1 amide bonds. The first kappa shape index (κ1) is 13.6. The molecule has 0 saturated carbocycles. The summed E-state index contributed by atoms with van der Waals surface area (Å²) in [6.45, 7) is 0.289. The Bertz CT molecular complexity index is 663. The summed E-state index contributed by atoms with van der Waals surface area (Å²) in [6, 6.07) is 8.20. The third kappa shape index (κ3) is 2.77. The highest BCUT2D eigenvalue weighted by Crippen LogP contribution is 2.13. The second-order valence-electron chi connectivity index (χ2n) is 4.22. The molecule has 104 valence electrons. The Hall–Kier alpha value is -2.83. The van der Waals surface area contributed by atoms with Crippen LogP contribution in [0.4, 0.5) is 5.82 Å². The zero-order chi connectivity index (χ0) is 14.7. The van der Waals surface area contributed by atoms with Gasteiger partial charge >= 0.3 is 5.97 Å². The van der Waals surface area contributed by atoms with Crippen molar-refractivity contribution >= 4 is 17.7 Å². The lowest BCUT2D eigenvalue weighted by Gasteiger charge is -2.06. The van der Waals surface area contributed by atoms with E-state index >= 15 is 0 Å². The number of nitrogens with two attached hydrogens (primary N) is 1. The Labute approximate surface area is 115 Å². The standard InChI is InChI=1S/C13H14N4O3/c1-17-10(12(14)18)6-11(16-17)15-7-8-4-2-3-5-9(8)13(19)20/h2-6H,7H2,1H3,(H2,14,18)(H,15,16)(H,19,20). The van der Waals surface area contributed by atoms with Gasteiger partial charge in [-0.05, 0) is 11.6 Å². The van der Waals surface area contributed by atoms with Crippen molar-refractivity contribution in [2.45, 2.75) is 6.54 Å². The van der Waals surface area contributed by atoms with Crippen LogP contribution in [0.1, 0.15) is 26.4 Å². The van der Waals surface area contributed by atoms with Gasteiger partial charge in [-0.25, -0.2) is 4.79 Å². The molecule has 0 saturated heterocycles. The molecule has 0 aliphatic rings. The Kier molecular flexibility index (Phi) is 3.69. The molecule has 1 aromatic carbocycles. The molecule has 2 rings (SSSR count). The topological polar surface area (TPSA) is 110 Å². The maximum Gasteiger partial charge on any atom is 0.336 e. The van der Waals surface area contributed by atoms with Crippen LogP contribution >= 0.6 is 0 Å². The van der Waals surface area contributed by atoms with E-state index in [2.05, 4.69) is 10.4 Å². The number of nitrogens with zero attached hydrogens (tertiary/aromatic N) is 2. The van der Waals surface area contributed by atoms with E-state index < -0.39 is 11.9 Å². The first-order valence-electron chi connectivity index (χ1n) is 5.88. The fourth-order valence-electron chi connectivity index (χ4n) is 1.85. The fourth-order valence-corrected chi connectivity index (χ4v) is 1.85. The molecule has 0 aliphatic carbocycles. The Balaban J connectivity index is 2.15. The van der Waals surface area contributed by atoms with Crippen molar-refractivity contribution in [1.29, 1.82) is 0 Å². The quantitative estimate of drug-likeness (QED) is 0.748. The number of aromatic nitrogens is 2. The molecule has 1 heterocycles. The molecule has 4 N–H and O–H groups in total. The predicted octanol–water partition coefficient (Wildman–Crippen LogP) is 0.829. The molecule has 2 aromatic rings. The normalized spacial score (nSPS) is 10.2. The molecule has 0 bridgehead atoms. The zero-order valence-corrected chi connectivity index (χ0v) is 10.8. The van der Waals surface area contributed by atoms with Gasteiger partial charge in [0.15, 0.2) is 0 Å². The van der Waals surface area contributed by atoms with Gasteiger partial charge in [-0.2, -0.15) is 5.10 Å². The molecule has 7 heteroatoms. The minimum absolute atomic E-state index is 0.228. The molecule has 0 unspecified atom stereocenters. The third-order valence-corrected chi connectivity index (χ3v) is 2.84. The number of anilines is 1. The van der Waals surface area contributed by atoms with Crippen molar-refractivity contribution < 1.29 is 14.7 Å². The van der Waals surface area contributed by atoms with Gasteiger partial charge in [0.25, 0.3) is 5.91 Å². The zero-order valence-electron chi connectivity index (χ0n) is 10.8. The molecule has 0 atom stereocenters. The molecular formula is C13H14N4O3. The highest BCUT2D eigenvalue weighted by Gasteiger charge is 2.11. The highest BCUT2D eigenvalue weighted by molar-refractivity contribution is 5.92. The number of aryl methyl sites for hydroxylation is 1. The van der Waals surface area contributed by atoms with Crippen LogP contribution in [0.15, 0.2) is 30.3 Å². The first-order valence-corrected chi connectivity index (χ1v) is 5.88. The minimum atomic E-state index is -0.985. The third-order valence-electron chi connectivity index (χ3n) is 2.84. The Morgan fingerprint density at radius 3 is 2.70 bits per heavy atom. The molecule has 0 fully saturated rings. The van der Waals surface area contributed by atoms with Crippen molar-refractivity contribution in [3.8, 4) is 0 Å². The van der Waals surface area contributed by atoms with Crippen LogP contribution in [-0.4, -0.2) is 26.8 Å². The smallest absolute Gasteiger partial charge is 0.336 e. The van der Waals surface area contributed by atoms with E-state index in [1.54, 1.807) is 25.2 Å². The Morgan fingerprint density at radius 1 is 1.40 bits per heavy atom. The maximum atomic E-state index is 11.1. The first-order chi connectivity index (χ1) is 9.49. The number of carboxylic acid groups (broad SMARTS) is 1. The van der Waals surface area contributed by atoms with Crippen LogP contribution in [0, 0.1) is 0 Å². The van der Waals surface area contributed by atoms with Gasteiger partial charge < -0.3 is 16.2 Å². The van der Waals surface area contributed by atoms with Crippen LogP contribution in [0.5, 0.6) is 0 Å². The Morgan fingerprint density at radius 2 is 2.10 bits per heavy atom. The summed E-state index contributed by atoms with van der Waals surface area (Å²) in [6.07, 6.45) is 0. The number of hydrogen-bond donors (Lipinski definition) is 3. The lowest BCUT2D eigenvalue weighted by atomic mass is 10.1. The molecular weight excluding hydrogens is 260 g/mol. The van der Waals surface area contributed by atoms with E-state index in [-0.39, 0.29) is 17.8 Å². The van der Waals surface area contributed by atoms with E-state index in [4.69, 9.17) is 10.8 Å². The maximum absolute atomic E-state index is 11.1. The second kappa shape index (κ2) is 5.43. The van der Waals surface area contributed by atoms with Gasteiger partial charge in [0.2, 0.25) is 0 Å². The predicted molar refractivity (Wildman–Crippen MR) is 72.5 cm³/mol. The van der Waals surface area contributed by atoms with E-state index in [1.807, 2.05) is 0 Å². The van der Waals surface area contributed by atoms with Gasteiger partial charge in [0, 0.05) is 19.7 Å². The number of nitrogens with one attached hydrogen (secondary N) is 1. The van der Waals surface area contributed by atoms with Gasteiger partial charge in [0.1, 0.15) is 11.5 Å². The minimum Gasteiger partial charge on any atom is -0.478 e. The van der Waals surface area contributed by atoms with E-state index in [0.29, 0.717) is 11.4 Å². The number of carbonyl (C=O) groups is 2. The molecule has 7 nitrogen and oxygen atoms in total. The number of benzene rings is 1. The molecule has 0 radical (unpaired) electrons.